The molecule has 192 valence electrons. The van der Waals surface area contributed by atoms with Gasteiger partial charge in [0.05, 0.1) is 46.5 Å². The van der Waals surface area contributed by atoms with E-state index in [9.17, 15) is 14.3 Å². The van der Waals surface area contributed by atoms with Gasteiger partial charge in [-0.2, -0.15) is 4.68 Å². The van der Waals surface area contributed by atoms with Crippen LogP contribution in [0.2, 0.25) is 5.02 Å². The summed E-state index contributed by atoms with van der Waals surface area (Å²) < 4.78 is 32.8. The van der Waals surface area contributed by atoms with Crippen LogP contribution in [0.4, 0.5) is 8.78 Å². The number of imidazole rings is 1. The second-order valence-electron chi connectivity index (χ2n) is 8.83. The Morgan fingerprint density at radius 1 is 1.21 bits per heavy atom. The predicted molar refractivity (Wildman–Crippen MR) is 130 cm³/mol. The van der Waals surface area contributed by atoms with Crippen molar-refractivity contribution < 1.29 is 13.9 Å². The Morgan fingerprint density at radius 2 is 2.05 bits per heavy atom. The van der Waals surface area contributed by atoms with Gasteiger partial charge >= 0.3 is 0 Å². The first-order valence-corrected chi connectivity index (χ1v) is 11.9. The molecule has 0 amide bonds. The van der Waals surface area contributed by atoms with Crippen molar-refractivity contribution in [2.24, 2.45) is 0 Å². The van der Waals surface area contributed by atoms with Crippen molar-refractivity contribution in [3.8, 4) is 28.2 Å². The fraction of sp³-hybridized carbons (Fsp3) is 0.208. The number of fused-ring (bicyclic) bond motifs is 1. The summed E-state index contributed by atoms with van der Waals surface area (Å²) in [4.78, 5) is 29.4. The van der Waals surface area contributed by atoms with Crippen LogP contribution < -0.4 is 5.56 Å². The minimum atomic E-state index is -0.754. The van der Waals surface area contributed by atoms with Crippen molar-refractivity contribution in [1.82, 2.24) is 44.7 Å². The first-order chi connectivity index (χ1) is 18.4. The van der Waals surface area contributed by atoms with Crippen LogP contribution >= 0.6 is 11.6 Å². The van der Waals surface area contributed by atoms with E-state index >= 15 is 4.39 Å². The van der Waals surface area contributed by atoms with Crippen molar-refractivity contribution >= 4 is 11.6 Å². The molecular weight excluding hydrogens is 520 g/mol. The summed E-state index contributed by atoms with van der Waals surface area (Å²) >= 11 is 6.07. The van der Waals surface area contributed by atoms with Crippen molar-refractivity contribution in [2.45, 2.75) is 31.9 Å². The van der Waals surface area contributed by atoms with Gasteiger partial charge < -0.3 is 10.1 Å². The largest absolute Gasteiger partial charge is 0.390 e. The number of tetrazole rings is 1. The van der Waals surface area contributed by atoms with Crippen LogP contribution in [0, 0.1) is 11.6 Å². The summed E-state index contributed by atoms with van der Waals surface area (Å²) in [6.07, 6.45) is 4.64. The van der Waals surface area contributed by atoms with E-state index in [2.05, 4.69) is 35.5 Å². The molecule has 0 aliphatic carbocycles. The number of aliphatic hydroxyl groups is 1. The van der Waals surface area contributed by atoms with Gasteiger partial charge in [0, 0.05) is 23.7 Å². The molecule has 2 N–H and O–H groups in total. The normalized spacial score (nSPS) is 16.7. The lowest BCUT2D eigenvalue weighted by Crippen LogP contribution is -2.25. The average molecular weight is 538 g/mol. The molecule has 2 atom stereocenters. The molecule has 1 aromatic carbocycles. The van der Waals surface area contributed by atoms with Crippen molar-refractivity contribution in [3.05, 3.63) is 87.3 Å². The maximum atomic E-state index is 15.3. The fourth-order valence-electron chi connectivity index (χ4n) is 4.77. The number of rotatable bonds is 5. The summed E-state index contributed by atoms with van der Waals surface area (Å²) in [6, 6.07) is 5.12. The molecule has 1 aliphatic heterocycles. The number of aliphatic hydroxyl groups excluding tert-OH is 1. The molecule has 5 aromatic rings. The van der Waals surface area contributed by atoms with E-state index in [0.717, 1.165) is 0 Å². The van der Waals surface area contributed by atoms with Crippen molar-refractivity contribution in [3.63, 3.8) is 0 Å². The van der Waals surface area contributed by atoms with Crippen molar-refractivity contribution in [2.75, 3.05) is 0 Å². The van der Waals surface area contributed by atoms with E-state index in [-0.39, 0.29) is 39.1 Å². The third-order valence-corrected chi connectivity index (χ3v) is 6.84. The Balaban J connectivity index is 1.44. The molecule has 11 nitrogen and oxygen atoms in total. The standard InChI is InChI=1S/C24H18ClF2N9O2/c1-11-6-18(23-29-8-15(31-23)12-4-5-28-16(9-37)21(12)26)36-19(38)7-14(32-24(11)36)20-17(35-10-30-33-34-35)3-2-13(25)22(20)27/h2-5,7-8,10-11,18,37H,6,9H2,1H3,(H,29,31)/t11?,18-/m0/s1. The highest BCUT2D eigenvalue weighted by Gasteiger charge is 2.34. The maximum Gasteiger partial charge on any atom is 0.254 e. The number of hydrogen-bond acceptors (Lipinski definition) is 8. The number of nitrogens with zero attached hydrogens (tertiary/aromatic N) is 8. The summed E-state index contributed by atoms with van der Waals surface area (Å²) in [5, 5.41) is 20.2. The summed E-state index contributed by atoms with van der Waals surface area (Å²) in [6.45, 7) is 1.36. The molecule has 0 radical (unpaired) electrons. The molecule has 4 aromatic heterocycles. The van der Waals surface area contributed by atoms with Crippen LogP contribution in [-0.4, -0.2) is 49.8 Å². The van der Waals surface area contributed by atoms with Crippen LogP contribution in [0.1, 0.15) is 42.6 Å². The van der Waals surface area contributed by atoms with Gasteiger partial charge in [-0.3, -0.25) is 14.3 Å². The zero-order valence-corrected chi connectivity index (χ0v) is 20.4. The molecule has 0 spiro atoms. The number of aromatic nitrogens is 9. The van der Waals surface area contributed by atoms with E-state index < -0.39 is 29.8 Å². The van der Waals surface area contributed by atoms with Gasteiger partial charge in [0.1, 0.15) is 23.7 Å². The lowest BCUT2D eigenvalue weighted by atomic mass is 10.1. The van der Waals surface area contributed by atoms with Crippen LogP contribution in [0.15, 0.2) is 47.8 Å². The number of aromatic amines is 1. The minimum absolute atomic E-state index is 0.00548. The van der Waals surface area contributed by atoms with Crippen LogP contribution in [0.25, 0.3) is 28.2 Å². The van der Waals surface area contributed by atoms with Crippen LogP contribution in [0.3, 0.4) is 0 Å². The highest BCUT2D eigenvalue weighted by Crippen LogP contribution is 2.39. The zero-order valence-electron chi connectivity index (χ0n) is 19.7. The van der Waals surface area contributed by atoms with E-state index in [4.69, 9.17) is 11.6 Å². The Kier molecular flexibility index (Phi) is 5.80. The quantitative estimate of drug-likeness (QED) is 0.348. The van der Waals surface area contributed by atoms with Gasteiger partial charge in [-0.1, -0.05) is 18.5 Å². The average Bonchev–Trinajstić information content (AvgIpc) is 3.67. The molecular formula is C24H18ClF2N9O2. The van der Waals surface area contributed by atoms with Crippen molar-refractivity contribution in [1.29, 1.82) is 0 Å². The molecule has 0 saturated heterocycles. The first-order valence-electron chi connectivity index (χ1n) is 11.5. The molecule has 5 heterocycles. The number of H-pyrrole nitrogens is 1. The number of nitrogens with one attached hydrogen (secondary N) is 1. The van der Waals surface area contributed by atoms with Gasteiger partial charge in [-0.05, 0) is 35.0 Å². The Hall–Kier alpha value is -4.36. The second-order valence-corrected chi connectivity index (χ2v) is 9.24. The lowest BCUT2D eigenvalue weighted by Gasteiger charge is -2.15. The van der Waals surface area contributed by atoms with Gasteiger partial charge in [0.25, 0.3) is 5.56 Å². The Morgan fingerprint density at radius 3 is 2.82 bits per heavy atom. The number of hydrogen-bond donors (Lipinski definition) is 2. The Labute approximate surface area is 217 Å². The molecule has 38 heavy (non-hydrogen) atoms. The molecule has 0 saturated carbocycles. The maximum absolute atomic E-state index is 15.3. The third kappa shape index (κ3) is 3.78. The monoisotopic (exact) mass is 537 g/mol. The van der Waals surface area contributed by atoms with Gasteiger partial charge in [0.15, 0.2) is 11.6 Å². The highest BCUT2D eigenvalue weighted by molar-refractivity contribution is 6.31. The van der Waals surface area contributed by atoms with Gasteiger partial charge in [0.2, 0.25) is 0 Å². The van der Waals surface area contributed by atoms with E-state index in [1.54, 1.807) is 6.07 Å². The van der Waals surface area contributed by atoms with E-state index in [0.29, 0.717) is 23.8 Å². The fourth-order valence-corrected chi connectivity index (χ4v) is 4.93. The molecule has 14 heteroatoms. The topological polar surface area (TPSA) is 140 Å². The minimum Gasteiger partial charge on any atom is -0.390 e. The molecule has 6 rings (SSSR count). The summed E-state index contributed by atoms with van der Waals surface area (Å²) in [5.74, 6) is -0.715. The SMILES string of the molecule is CC1C[C@@H](c2ncc(-c3ccnc(CO)c3F)[nH]2)n2c1nc(-c1c(-n3cnnn3)ccc(Cl)c1F)cc2=O. The second kappa shape index (κ2) is 9.19. The Bertz CT molecular complexity index is 1740. The molecule has 0 bridgehead atoms. The predicted octanol–water partition coefficient (Wildman–Crippen LogP) is 3.19. The third-order valence-electron chi connectivity index (χ3n) is 6.55. The van der Waals surface area contributed by atoms with Gasteiger partial charge in [-0.15, -0.1) is 5.10 Å². The molecule has 0 fully saturated rings. The number of benzene rings is 1. The zero-order chi connectivity index (χ0) is 26.6. The summed E-state index contributed by atoms with van der Waals surface area (Å²) in [5.41, 5.74) is 0.427. The number of halogens is 3. The molecule has 1 aliphatic rings. The summed E-state index contributed by atoms with van der Waals surface area (Å²) in [7, 11) is 0. The van der Waals surface area contributed by atoms with E-state index in [1.807, 2.05) is 6.92 Å². The van der Waals surface area contributed by atoms with Gasteiger partial charge in [-0.25, -0.2) is 18.7 Å². The van der Waals surface area contributed by atoms with E-state index in [1.165, 1.54) is 46.2 Å². The first kappa shape index (κ1) is 24.0. The smallest absolute Gasteiger partial charge is 0.254 e. The number of pyridine rings is 1. The highest BCUT2D eigenvalue weighted by atomic mass is 35.5. The van der Waals surface area contributed by atoms with Crippen LogP contribution in [0.5, 0.6) is 0 Å². The van der Waals surface area contributed by atoms with Crippen LogP contribution in [-0.2, 0) is 6.61 Å². The lowest BCUT2D eigenvalue weighted by molar-refractivity contribution is 0.270. The molecule has 1 unspecified atom stereocenters.